The molecular formula is C15H26N2O3. The number of piperidine rings is 1. The van der Waals surface area contributed by atoms with Crippen LogP contribution in [0.3, 0.4) is 0 Å². The number of nitrogens with two attached hydrogens (primary N) is 1. The van der Waals surface area contributed by atoms with Gasteiger partial charge in [-0.05, 0) is 39.0 Å². The van der Waals surface area contributed by atoms with Gasteiger partial charge in [0, 0.05) is 25.0 Å². The molecule has 1 saturated heterocycles. The van der Waals surface area contributed by atoms with Crippen LogP contribution in [0, 0.1) is 11.8 Å². The van der Waals surface area contributed by atoms with Crippen LogP contribution in [0.15, 0.2) is 0 Å². The van der Waals surface area contributed by atoms with Crippen molar-refractivity contribution in [3.8, 4) is 0 Å². The normalized spacial score (nSPS) is 30.9. The molecule has 2 N–H and O–H groups in total. The van der Waals surface area contributed by atoms with Gasteiger partial charge in [0.15, 0.2) is 0 Å². The number of nitrogens with zero attached hydrogens (tertiary/aromatic N) is 1. The van der Waals surface area contributed by atoms with Gasteiger partial charge < -0.3 is 15.4 Å². The SMILES string of the molecule is CCOC(=O)C1CCCN(C(=O)C2CCCC(N)C2)C1. The van der Waals surface area contributed by atoms with Crippen molar-refractivity contribution in [2.24, 2.45) is 17.6 Å². The second-order valence-corrected chi connectivity index (χ2v) is 6.00. The summed E-state index contributed by atoms with van der Waals surface area (Å²) < 4.78 is 5.08. The van der Waals surface area contributed by atoms with E-state index in [9.17, 15) is 9.59 Å². The number of carbonyl (C=O) groups excluding carboxylic acids is 2. The van der Waals surface area contributed by atoms with Gasteiger partial charge in [-0.2, -0.15) is 0 Å². The minimum Gasteiger partial charge on any atom is -0.466 e. The molecule has 0 aromatic carbocycles. The summed E-state index contributed by atoms with van der Waals surface area (Å²) in [5.74, 6) is -0.0656. The molecule has 0 aromatic heterocycles. The van der Waals surface area contributed by atoms with Crippen molar-refractivity contribution in [1.29, 1.82) is 0 Å². The van der Waals surface area contributed by atoms with E-state index in [4.69, 9.17) is 10.5 Å². The number of ether oxygens (including phenoxy) is 1. The first-order valence-corrected chi connectivity index (χ1v) is 7.82. The molecule has 0 bridgehead atoms. The van der Waals surface area contributed by atoms with E-state index >= 15 is 0 Å². The Kier molecular flexibility index (Phi) is 5.40. The zero-order valence-electron chi connectivity index (χ0n) is 12.3. The highest BCUT2D eigenvalue weighted by Crippen LogP contribution is 2.27. The molecule has 3 unspecified atom stereocenters. The largest absolute Gasteiger partial charge is 0.466 e. The molecule has 1 saturated carbocycles. The molecule has 2 aliphatic rings. The van der Waals surface area contributed by atoms with E-state index in [0.717, 1.165) is 45.1 Å². The molecule has 1 amide bonds. The van der Waals surface area contributed by atoms with Crippen molar-refractivity contribution in [3.05, 3.63) is 0 Å². The lowest BCUT2D eigenvalue weighted by Gasteiger charge is -2.36. The minimum absolute atomic E-state index is 0.0553. The topological polar surface area (TPSA) is 72.6 Å². The molecule has 1 heterocycles. The minimum atomic E-state index is -0.162. The first-order chi connectivity index (χ1) is 9.61. The van der Waals surface area contributed by atoms with E-state index in [1.165, 1.54) is 0 Å². The molecule has 2 fully saturated rings. The lowest BCUT2D eigenvalue weighted by Crippen LogP contribution is -2.47. The summed E-state index contributed by atoms with van der Waals surface area (Å²) in [6.07, 6.45) is 5.50. The van der Waals surface area contributed by atoms with Gasteiger partial charge >= 0.3 is 5.97 Å². The summed E-state index contributed by atoms with van der Waals surface area (Å²) in [6.45, 7) is 3.50. The van der Waals surface area contributed by atoms with Gasteiger partial charge in [-0.3, -0.25) is 9.59 Å². The molecule has 1 aliphatic heterocycles. The highest BCUT2D eigenvalue weighted by Gasteiger charge is 2.34. The van der Waals surface area contributed by atoms with Gasteiger partial charge in [-0.15, -0.1) is 0 Å². The van der Waals surface area contributed by atoms with Crippen LogP contribution in [-0.2, 0) is 14.3 Å². The molecule has 114 valence electrons. The van der Waals surface area contributed by atoms with E-state index in [1.54, 1.807) is 0 Å². The van der Waals surface area contributed by atoms with Crippen LogP contribution >= 0.6 is 0 Å². The monoisotopic (exact) mass is 282 g/mol. The third-order valence-corrected chi connectivity index (χ3v) is 4.42. The first kappa shape index (κ1) is 15.3. The van der Waals surface area contributed by atoms with Crippen molar-refractivity contribution in [2.75, 3.05) is 19.7 Å². The molecule has 5 nitrogen and oxygen atoms in total. The zero-order valence-corrected chi connectivity index (χ0v) is 12.3. The van der Waals surface area contributed by atoms with Crippen molar-refractivity contribution < 1.29 is 14.3 Å². The fourth-order valence-corrected chi connectivity index (χ4v) is 3.34. The van der Waals surface area contributed by atoms with Crippen LogP contribution in [0.4, 0.5) is 0 Å². The van der Waals surface area contributed by atoms with Crippen molar-refractivity contribution in [1.82, 2.24) is 4.90 Å². The van der Waals surface area contributed by atoms with Crippen LogP contribution in [0.5, 0.6) is 0 Å². The fourth-order valence-electron chi connectivity index (χ4n) is 3.34. The van der Waals surface area contributed by atoms with Crippen LogP contribution in [-0.4, -0.2) is 42.5 Å². The van der Waals surface area contributed by atoms with E-state index in [1.807, 2.05) is 11.8 Å². The number of hydrogen-bond acceptors (Lipinski definition) is 4. The summed E-state index contributed by atoms with van der Waals surface area (Å²) in [5.41, 5.74) is 5.96. The molecule has 0 aromatic rings. The molecule has 0 spiro atoms. The van der Waals surface area contributed by atoms with E-state index in [0.29, 0.717) is 13.2 Å². The molecule has 0 radical (unpaired) electrons. The Balaban J connectivity index is 1.91. The number of amides is 1. The first-order valence-electron chi connectivity index (χ1n) is 7.82. The zero-order chi connectivity index (χ0) is 14.5. The van der Waals surface area contributed by atoms with Gasteiger partial charge in [0.25, 0.3) is 0 Å². The Labute approximate surface area is 120 Å². The average Bonchev–Trinajstić information content (AvgIpc) is 2.47. The van der Waals surface area contributed by atoms with Gasteiger partial charge in [-0.1, -0.05) is 6.42 Å². The highest BCUT2D eigenvalue weighted by atomic mass is 16.5. The van der Waals surface area contributed by atoms with E-state index < -0.39 is 0 Å². The van der Waals surface area contributed by atoms with Crippen molar-refractivity contribution >= 4 is 11.9 Å². The Morgan fingerprint density at radius 3 is 2.65 bits per heavy atom. The molecule has 20 heavy (non-hydrogen) atoms. The van der Waals surface area contributed by atoms with Crippen LogP contribution < -0.4 is 5.73 Å². The maximum absolute atomic E-state index is 12.5. The second kappa shape index (κ2) is 7.07. The van der Waals surface area contributed by atoms with Crippen molar-refractivity contribution in [3.63, 3.8) is 0 Å². The Morgan fingerprint density at radius 1 is 1.20 bits per heavy atom. The van der Waals surface area contributed by atoms with Gasteiger partial charge in [-0.25, -0.2) is 0 Å². The molecule has 5 heteroatoms. The Morgan fingerprint density at radius 2 is 1.95 bits per heavy atom. The number of hydrogen-bond donors (Lipinski definition) is 1. The number of carbonyl (C=O) groups is 2. The lowest BCUT2D eigenvalue weighted by atomic mass is 9.84. The summed E-state index contributed by atoms with van der Waals surface area (Å²) >= 11 is 0. The number of likely N-dealkylation sites (tertiary alicyclic amines) is 1. The lowest BCUT2D eigenvalue weighted by molar-refractivity contribution is -0.152. The number of esters is 1. The summed E-state index contributed by atoms with van der Waals surface area (Å²) in [6, 6.07) is 0.156. The van der Waals surface area contributed by atoms with Crippen LogP contribution in [0.1, 0.15) is 45.4 Å². The Bertz CT molecular complexity index is 359. The summed E-state index contributed by atoms with van der Waals surface area (Å²) in [7, 11) is 0. The second-order valence-electron chi connectivity index (χ2n) is 6.00. The van der Waals surface area contributed by atoms with E-state index in [-0.39, 0.29) is 29.8 Å². The van der Waals surface area contributed by atoms with E-state index in [2.05, 4.69) is 0 Å². The maximum Gasteiger partial charge on any atom is 0.310 e. The molecule has 3 atom stereocenters. The third-order valence-electron chi connectivity index (χ3n) is 4.42. The van der Waals surface area contributed by atoms with Gasteiger partial charge in [0.1, 0.15) is 0 Å². The predicted octanol–water partition coefficient (Wildman–Crippen LogP) is 1.31. The standard InChI is InChI=1S/C15H26N2O3/c1-2-20-15(19)12-6-4-8-17(10-12)14(18)11-5-3-7-13(16)9-11/h11-13H,2-10,16H2,1H3. The smallest absolute Gasteiger partial charge is 0.310 e. The van der Waals surface area contributed by atoms with Crippen LogP contribution in [0.25, 0.3) is 0 Å². The quantitative estimate of drug-likeness (QED) is 0.792. The Hall–Kier alpha value is -1.10. The summed E-state index contributed by atoms with van der Waals surface area (Å²) in [5, 5.41) is 0. The third kappa shape index (κ3) is 3.72. The molecule has 2 rings (SSSR count). The van der Waals surface area contributed by atoms with Crippen molar-refractivity contribution in [2.45, 2.75) is 51.5 Å². The number of rotatable bonds is 3. The summed E-state index contributed by atoms with van der Waals surface area (Å²) in [4.78, 5) is 26.2. The highest BCUT2D eigenvalue weighted by molar-refractivity contribution is 5.80. The van der Waals surface area contributed by atoms with Gasteiger partial charge in [0.2, 0.25) is 5.91 Å². The average molecular weight is 282 g/mol. The molecule has 1 aliphatic carbocycles. The molecular weight excluding hydrogens is 256 g/mol. The predicted molar refractivity (Wildman–Crippen MR) is 75.9 cm³/mol. The fraction of sp³-hybridized carbons (Fsp3) is 0.867. The maximum atomic E-state index is 12.5. The van der Waals surface area contributed by atoms with Crippen LogP contribution in [0.2, 0.25) is 0 Å². The van der Waals surface area contributed by atoms with Gasteiger partial charge in [0.05, 0.1) is 12.5 Å².